The van der Waals surface area contributed by atoms with Gasteiger partial charge in [0.2, 0.25) is 5.91 Å². The first-order valence-electron chi connectivity index (χ1n) is 10.9. The molecule has 1 saturated heterocycles. The van der Waals surface area contributed by atoms with E-state index in [-0.39, 0.29) is 18.4 Å². The SMILES string of the molecule is CCCNC(=O)C1C(c2ccc(NC(=O)c3cccs3)cc2)OC(=O)N1Cc1cccc(F)c1. The number of carbonyl (C=O) groups is 3. The van der Waals surface area contributed by atoms with Gasteiger partial charge in [0.05, 0.1) is 11.4 Å². The predicted octanol–water partition coefficient (Wildman–Crippen LogP) is 4.73. The molecule has 4 rings (SSSR count). The van der Waals surface area contributed by atoms with E-state index in [0.717, 1.165) is 6.42 Å². The van der Waals surface area contributed by atoms with Crippen molar-refractivity contribution in [3.05, 3.63) is 87.9 Å². The van der Waals surface area contributed by atoms with E-state index in [1.165, 1.54) is 28.4 Å². The zero-order valence-corrected chi connectivity index (χ0v) is 19.3. The number of hydrogen-bond donors (Lipinski definition) is 2. The molecule has 2 aromatic carbocycles. The molecule has 1 fully saturated rings. The fourth-order valence-corrected chi connectivity index (χ4v) is 4.37. The van der Waals surface area contributed by atoms with Crippen molar-refractivity contribution in [1.29, 1.82) is 0 Å². The summed E-state index contributed by atoms with van der Waals surface area (Å²) in [4.78, 5) is 40.0. The van der Waals surface area contributed by atoms with Crippen molar-refractivity contribution >= 4 is 34.9 Å². The number of nitrogens with one attached hydrogen (secondary N) is 2. The standard InChI is InChI=1S/C25H24FN3O4S/c1-2-12-27-24(31)21-22(33-25(32)29(21)15-16-5-3-6-18(26)14-16)17-8-10-19(11-9-17)28-23(30)20-7-4-13-34-20/h3-11,13-14,21-22H,2,12,15H2,1H3,(H,27,31)(H,28,30). The number of ether oxygens (including phenoxy) is 1. The minimum atomic E-state index is -0.922. The molecule has 0 aliphatic carbocycles. The lowest BCUT2D eigenvalue weighted by Crippen LogP contribution is -2.46. The second kappa shape index (κ2) is 10.5. The van der Waals surface area contributed by atoms with E-state index in [2.05, 4.69) is 10.6 Å². The summed E-state index contributed by atoms with van der Waals surface area (Å²) in [6, 6.07) is 15.3. The first-order valence-corrected chi connectivity index (χ1v) is 11.8. The molecule has 2 N–H and O–H groups in total. The molecule has 0 radical (unpaired) electrons. The molecular weight excluding hydrogens is 457 g/mol. The van der Waals surface area contributed by atoms with Gasteiger partial charge in [-0.25, -0.2) is 9.18 Å². The molecule has 3 amide bonds. The quantitative estimate of drug-likeness (QED) is 0.487. The van der Waals surface area contributed by atoms with E-state index in [4.69, 9.17) is 4.74 Å². The van der Waals surface area contributed by atoms with Gasteiger partial charge in [0, 0.05) is 12.2 Å². The molecule has 2 heterocycles. The Balaban J connectivity index is 1.55. The number of nitrogens with zero attached hydrogens (tertiary/aromatic N) is 1. The van der Waals surface area contributed by atoms with Gasteiger partial charge in [-0.15, -0.1) is 11.3 Å². The third-order valence-electron chi connectivity index (χ3n) is 5.39. The average molecular weight is 482 g/mol. The van der Waals surface area contributed by atoms with Gasteiger partial charge in [-0.2, -0.15) is 0 Å². The van der Waals surface area contributed by atoms with Gasteiger partial charge >= 0.3 is 6.09 Å². The highest BCUT2D eigenvalue weighted by Crippen LogP contribution is 2.34. The Morgan fingerprint density at radius 3 is 2.59 bits per heavy atom. The van der Waals surface area contributed by atoms with E-state index in [1.807, 2.05) is 12.3 Å². The second-order valence-electron chi connectivity index (χ2n) is 7.85. The summed E-state index contributed by atoms with van der Waals surface area (Å²) in [6.07, 6.45) is -0.763. The Morgan fingerprint density at radius 2 is 1.91 bits per heavy atom. The molecule has 3 aromatic rings. The van der Waals surface area contributed by atoms with Crippen LogP contribution in [0, 0.1) is 5.82 Å². The highest BCUT2D eigenvalue weighted by atomic mass is 32.1. The summed E-state index contributed by atoms with van der Waals surface area (Å²) in [5.74, 6) is -0.980. The monoisotopic (exact) mass is 481 g/mol. The summed E-state index contributed by atoms with van der Waals surface area (Å²) in [5, 5.41) is 7.48. The van der Waals surface area contributed by atoms with Crippen molar-refractivity contribution in [3.63, 3.8) is 0 Å². The summed E-state index contributed by atoms with van der Waals surface area (Å²) >= 11 is 1.34. The maximum atomic E-state index is 13.7. The molecule has 2 unspecified atom stereocenters. The van der Waals surface area contributed by atoms with Crippen LogP contribution < -0.4 is 10.6 Å². The summed E-state index contributed by atoms with van der Waals surface area (Å²) in [5.41, 5.74) is 1.74. The highest BCUT2D eigenvalue weighted by molar-refractivity contribution is 7.12. The lowest BCUT2D eigenvalue weighted by atomic mass is 10.00. The van der Waals surface area contributed by atoms with Crippen molar-refractivity contribution in [1.82, 2.24) is 10.2 Å². The van der Waals surface area contributed by atoms with Gasteiger partial charge in [0.15, 0.2) is 12.1 Å². The van der Waals surface area contributed by atoms with Crippen LogP contribution in [0.25, 0.3) is 0 Å². The maximum absolute atomic E-state index is 13.7. The largest absolute Gasteiger partial charge is 0.438 e. The fraction of sp³-hybridized carbons (Fsp3) is 0.240. The average Bonchev–Trinajstić information content (AvgIpc) is 3.47. The molecule has 0 spiro atoms. The molecule has 9 heteroatoms. The zero-order valence-electron chi connectivity index (χ0n) is 18.5. The molecule has 34 heavy (non-hydrogen) atoms. The molecular formula is C25H24FN3O4S. The highest BCUT2D eigenvalue weighted by Gasteiger charge is 2.46. The first-order chi connectivity index (χ1) is 16.5. The molecule has 1 aromatic heterocycles. The van der Waals surface area contributed by atoms with E-state index in [0.29, 0.717) is 28.2 Å². The van der Waals surface area contributed by atoms with E-state index in [9.17, 15) is 18.8 Å². The number of hydrogen-bond acceptors (Lipinski definition) is 5. The van der Waals surface area contributed by atoms with Gasteiger partial charge in [-0.05, 0) is 53.3 Å². The van der Waals surface area contributed by atoms with Crippen LogP contribution in [0.4, 0.5) is 14.9 Å². The molecule has 0 bridgehead atoms. The van der Waals surface area contributed by atoms with Crippen molar-refractivity contribution < 1.29 is 23.5 Å². The van der Waals surface area contributed by atoms with Gasteiger partial charge < -0.3 is 15.4 Å². The van der Waals surface area contributed by atoms with Crippen LogP contribution in [-0.4, -0.2) is 35.4 Å². The van der Waals surface area contributed by atoms with Crippen molar-refractivity contribution in [3.8, 4) is 0 Å². The molecule has 176 valence electrons. The third kappa shape index (κ3) is 5.26. The second-order valence-corrected chi connectivity index (χ2v) is 8.80. The first kappa shape index (κ1) is 23.4. The van der Waals surface area contributed by atoms with Crippen LogP contribution in [0.1, 0.15) is 40.2 Å². The number of amides is 3. The van der Waals surface area contributed by atoms with Crippen LogP contribution in [0.5, 0.6) is 0 Å². The Labute approximate surface area is 200 Å². The minimum Gasteiger partial charge on any atom is -0.438 e. The predicted molar refractivity (Wildman–Crippen MR) is 127 cm³/mol. The lowest BCUT2D eigenvalue weighted by molar-refractivity contribution is -0.126. The number of cyclic esters (lactones) is 1. The summed E-state index contributed by atoms with van der Waals surface area (Å²) < 4.78 is 19.3. The Kier molecular flexibility index (Phi) is 7.22. The number of halogens is 1. The van der Waals surface area contributed by atoms with Crippen LogP contribution >= 0.6 is 11.3 Å². The van der Waals surface area contributed by atoms with Crippen molar-refractivity contribution in [2.75, 3.05) is 11.9 Å². The van der Waals surface area contributed by atoms with Crippen LogP contribution in [-0.2, 0) is 16.1 Å². The van der Waals surface area contributed by atoms with Crippen molar-refractivity contribution in [2.45, 2.75) is 32.0 Å². The molecule has 0 saturated carbocycles. The Bertz CT molecular complexity index is 1170. The fourth-order valence-electron chi connectivity index (χ4n) is 3.75. The Hall–Kier alpha value is -3.72. The minimum absolute atomic E-state index is 0.0340. The van der Waals surface area contributed by atoms with Crippen LogP contribution in [0.15, 0.2) is 66.0 Å². The summed E-state index contributed by atoms with van der Waals surface area (Å²) in [7, 11) is 0. The maximum Gasteiger partial charge on any atom is 0.411 e. The molecule has 1 aliphatic rings. The van der Waals surface area contributed by atoms with Gasteiger partial charge in [0.25, 0.3) is 5.91 Å². The smallest absolute Gasteiger partial charge is 0.411 e. The molecule has 2 atom stereocenters. The third-order valence-corrected chi connectivity index (χ3v) is 6.26. The van der Waals surface area contributed by atoms with E-state index < -0.39 is 24.1 Å². The number of rotatable bonds is 8. The van der Waals surface area contributed by atoms with Crippen molar-refractivity contribution in [2.24, 2.45) is 0 Å². The lowest BCUT2D eigenvalue weighted by Gasteiger charge is -2.24. The van der Waals surface area contributed by atoms with E-state index in [1.54, 1.807) is 48.5 Å². The molecule has 7 nitrogen and oxygen atoms in total. The molecule has 1 aliphatic heterocycles. The van der Waals surface area contributed by atoms with Crippen LogP contribution in [0.3, 0.4) is 0 Å². The normalized spacial score (nSPS) is 17.4. The number of benzene rings is 2. The van der Waals surface area contributed by atoms with Gasteiger partial charge in [-0.1, -0.05) is 37.3 Å². The van der Waals surface area contributed by atoms with Crippen LogP contribution in [0.2, 0.25) is 0 Å². The topological polar surface area (TPSA) is 87.7 Å². The van der Waals surface area contributed by atoms with Gasteiger partial charge in [-0.3, -0.25) is 14.5 Å². The van der Waals surface area contributed by atoms with Gasteiger partial charge in [0.1, 0.15) is 5.82 Å². The Morgan fingerprint density at radius 1 is 1.12 bits per heavy atom. The number of carbonyl (C=O) groups excluding carboxylic acids is 3. The zero-order chi connectivity index (χ0) is 24.1. The summed E-state index contributed by atoms with van der Waals surface area (Å²) in [6.45, 7) is 2.42. The number of anilines is 1. The van der Waals surface area contributed by atoms with E-state index >= 15 is 0 Å². The number of thiophene rings is 1.